The van der Waals surface area contributed by atoms with Gasteiger partial charge in [-0.3, -0.25) is 9.80 Å². The molecule has 2 aromatic carbocycles. The lowest BCUT2D eigenvalue weighted by atomic mass is 10.2. The third kappa shape index (κ3) is 2.53. The third-order valence-corrected chi connectivity index (χ3v) is 4.53. The lowest BCUT2D eigenvalue weighted by Crippen LogP contribution is -2.49. The van der Waals surface area contributed by atoms with Crippen LogP contribution in [0.25, 0.3) is 0 Å². The molecule has 0 spiro atoms. The molecule has 0 bridgehead atoms. The van der Waals surface area contributed by atoms with Crippen molar-refractivity contribution in [2.75, 3.05) is 0 Å². The number of halogens is 1. The average molecular weight is 306 g/mol. The van der Waals surface area contributed by atoms with E-state index in [0.29, 0.717) is 5.56 Å². The summed E-state index contributed by atoms with van der Waals surface area (Å²) < 4.78 is 37.1. The second-order valence-electron chi connectivity index (χ2n) is 4.61. The van der Waals surface area contributed by atoms with Crippen LogP contribution in [0.1, 0.15) is 15.9 Å². The van der Waals surface area contributed by atoms with Gasteiger partial charge in [-0.25, -0.2) is 12.8 Å². The second kappa shape index (κ2) is 4.94. The zero-order valence-corrected chi connectivity index (χ0v) is 11.6. The fourth-order valence-electron chi connectivity index (χ4n) is 2.14. The maximum atomic E-state index is 12.9. The highest BCUT2D eigenvalue weighted by atomic mass is 32.2. The van der Waals surface area contributed by atoms with Crippen molar-refractivity contribution in [1.29, 1.82) is 0 Å². The van der Waals surface area contributed by atoms with E-state index in [-0.39, 0.29) is 17.0 Å². The van der Waals surface area contributed by atoms with Gasteiger partial charge in [0.25, 0.3) is 15.9 Å². The van der Waals surface area contributed by atoms with Gasteiger partial charge in [0, 0.05) is 0 Å². The van der Waals surface area contributed by atoms with E-state index in [9.17, 15) is 17.6 Å². The van der Waals surface area contributed by atoms with Crippen molar-refractivity contribution < 1.29 is 17.6 Å². The molecule has 1 N–H and O–H groups in total. The molecule has 0 aromatic heterocycles. The quantitative estimate of drug-likeness (QED) is 0.918. The highest BCUT2D eigenvalue weighted by molar-refractivity contribution is 7.89. The number of hydrogen-bond acceptors (Lipinski definition) is 3. The van der Waals surface area contributed by atoms with Crippen LogP contribution in [-0.4, -0.2) is 19.3 Å². The molecule has 21 heavy (non-hydrogen) atoms. The van der Waals surface area contributed by atoms with Crippen molar-refractivity contribution in [2.24, 2.45) is 0 Å². The maximum absolute atomic E-state index is 12.9. The molecule has 0 fully saturated rings. The van der Waals surface area contributed by atoms with Gasteiger partial charge in [0.05, 0.1) is 17.0 Å². The number of sulfonamides is 1. The maximum Gasteiger partial charge on any atom is 0.270 e. The smallest absolute Gasteiger partial charge is 0.268 e. The normalized spacial score (nSPS) is 16.6. The summed E-state index contributed by atoms with van der Waals surface area (Å²) in [4.78, 5) is 14.5. The Labute approximate surface area is 121 Å². The topological polar surface area (TPSA) is 66.5 Å². The van der Waals surface area contributed by atoms with E-state index in [1.54, 1.807) is 12.1 Å². The Hall–Kier alpha value is -2.25. The Kier molecular flexibility index (Phi) is 3.23. The first kappa shape index (κ1) is 13.7. The molecule has 0 aliphatic carbocycles. The molecule has 0 saturated heterocycles. The van der Waals surface area contributed by atoms with E-state index < -0.39 is 21.7 Å². The molecule has 108 valence electrons. The van der Waals surface area contributed by atoms with Gasteiger partial charge in [0.15, 0.2) is 0 Å². The monoisotopic (exact) mass is 306 g/mol. The predicted octanol–water partition coefficient (Wildman–Crippen LogP) is 1.68. The first-order valence-corrected chi connectivity index (χ1v) is 7.63. The number of carbonyl (C=O) groups is 1. The van der Waals surface area contributed by atoms with Gasteiger partial charge in [-0.1, -0.05) is 24.3 Å². The average Bonchev–Trinajstić information content (AvgIpc) is 2.47. The van der Waals surface area contributed by atoms with Crippen LogP contribution in [0.4, 0.5) is 4.39 Å². The zero-order valence-electron chi connectivity index (χ0n) is 10.8. The zero-order chi connectivity index (χ0) is 15.0. The number of fused-ring (bicyclic) bond motifs is 1. The summed E-state index contributed by atoms with van der Waals surface area (Å²) in [7, 11) is -3.77. The van der Waals surface area contributed by atoms with Crippen LogP contribution in [0, 0.1) is 5.82 Å². The van der Waals surface area contributed by atoms with Crippen LogP contribution in [-0.2, 0) is 16.6 Å². The first-order chi connectivity index (χ1) is 9.97. The summed E-state index contributed by atoms with van der Waals surface area (Å²) in [6, 6.07) is 11.5. The number of rotatable bonds is 2. The molecule has 0 unspecified atom stereocenters. The summed E-state index contributed by atoms with van der Waals surface area (Å²) >= 11 is 0. The molecule has 1 heterocycles. The minimum Gasteiger partial charge on any atom is -0.268 e. The van der Waals surface area contributed by atoms with Gasteiger partial charge < -0.3 is 0 Å². The van der Waals surface area contributed by atoms with E-state index in [1.807, 2.05) is 0 Å². The molecule has 3 rings (SSSR count). The lowest BCUT2D eigenvalue weighted by Gasteiger charge is -2.28. The van der Waals surface area contributed by atoms with Crippen LogP contribution in [0.15, 0.2) is 53.4 Å². The van der Waals surface area contributed by atoms with Crippen molar-refractivity contribution >= 4 is 15.9 Å². The molecule has 2 aromatic rings. The summed E-state index contributed by atoms with van der Waals surface area (Å²) in [6.07, 6.45) is 0. The highest BCUT2D eigenvalue weighted by Crippen LogP contribution is 2.23. The summed E-state index contributed by atoms with van der Waals surface area (Å²) in [5, 5.41) is 1.00. The van der Waals surface area contributed by atoms with E-state index in [2.05, 4.69) is 4.83 Å². The van der Waals surface area contributed by atoms with E-state index >= 15 is 0 Å². The predicted molar refractivity (Wildman–Crippen MR) is 73.0 cm³/mol. The fourth-order valence-corrected chi connectivity index (χ4v) is 3.37. The molecular weight excluding hydrogens is 295 g/mol. The van der Waals surface area contributed by atoms with Crippen LogP contribution in [0.5, 0.6) is 0 Å². The van der Waals surface area contributed by atoms with Crippen LogP contribution >= 0.6 is 0 Å². The van der Waals surface area contributed by atoms with Crippen LogP contribution in [0.2, 0.25) is 0 Å². The third-order valence-electron chi connectivity index (χ3n) is 3.14. The van der Waals surface area contributed by atoms with Crippen molar-refractivity contribution in [2.45, 2.75) is 11.4 Å². The SMILES string of the molecule is O=C1c2ccccc2S(=O)(=O)NN1Cc1ccc(F)cc1. The first-order valence-electron chi connectivity index (χ1n) is 6.15. The number of nitrogens with one attached hydrogen (secondary N) is 1. The number of amides is 1. The molecule has 5 nitrogen and oxygen atoms in total. The molecule has 7 heteroatoms. The standard InChI is InChI=1S/C14H11FN2O3S/c15-11-7-5-10(6-8-11)9-17-14(18)12-3-1-2-4-13(12)21(19,20)16-17/h1-8,16H,9H2. The molecule has 0 radical (unpaired) electrons. The fraction of sp³-hybridized carbons (Fsp3) is 0.0714. The highest BCUT2D eigenvalue weighted by Gasteiger charge is 2.33. The van der Waals surface area contributed by atoms with Crippen molar-refractivity contribution in [3.05, 3.63) is 65.5 Å². The molecule has 0 saturated carbocycles. The molecular formula is C14H11FN2O3S. The lowest BCUT2D eigenvalue weighted by molar-refractivity contribution is 0.0687. The Morgan fingerprint density at radius 2 is 1.71 bits per heavy atom. The minimum absolute atomic E-state index is 0.0205. The Morgan fingerprint density at radius 3 is 2.43 bits per heavy atom. The Balaban J connectivity index is 1.96. The number of hydrazine groups is 1. The van der Waals surface area contributed by atoms with Gasteiger partial charge in [0.1, 0.15) is 5.82 Å². The molecule has 1 aliphatic heterocycles. The minimum atomic E-state index is -3.77. The van der Waals surface area contributed by atoms with Gasteiger partial charge in [-0.2, -0.15) is 0 Å². The van der Waals surface area contributed by atoms with E-state index in [0.717, 1.165) is 5.01 Å². The van der Waals surface area contributed by atoms with E-state index in [4.69, 9.17) is 0 Å². The Bertz CT molecular complexity index is 803. The van der Waals surface area contributed by atoms with Crippen molar-refractivity contribution in [1.82, 2.24) is 9.84 Å². The number of benzene rings is 2. The van der Waals surface area contributed by atoms with Crippen molar-refractivity contribution in [3.8, 4) is 0 Å². The molecule has 0 atom stereocenters. The number of hydrogen-bond donors (Lipinski definition) is 1. The van der Waals surface area contributed by atoms with Gasteiger partial charge >= 0.3 is 0 Å². The van der Waals surface area contributed by atoms with Crippen LogP contribution < -0.4 is 4.83 Å². The van der Waals surface area contributed by atoms with Crippen LogP contribution in [0.3, 0.4) is 0 Å². The second-order valence-corrected chi connectivity index (χ2v) is 6.24. The van der Waals surface area contributed by atoms with Crippen molar-refractivity contribution in [3.63, 3.8) is 0 Å². The molecule has 1 amide bonds. The number of nitrogens with zero attached hydrogens (tertiary/aromatic N) is 1. The number of carbonyl (C=O) groups excluding carboxylic acids is 1. The summed E-state index contributed by atoms with van der Waals surface area (Å²) in [5.74, 6) is -0.834. The van der Waals surface area contributed by atoms with Gasteiger partial charge in [-0.15, -0.1) is 4.83 Å². The summed E-state index contributed by atoms with van der Waals surface area (Å²) in [6.45, 7) is 0.0205. The van der Waals surface area contributed by atoms with E-state index in [1.165, 1.54) is 36.4 Å². The van der Waals surface area contributed by atoms with Gasteiger partial charge in [0.2, 0.25) is 0 Å². The largest absolute Gasteiger partial charge is 0.270 e. The molecule has 1 aliphatic rings. The Morgan fingerprint density at radius 1 is 1.05 bits per heavy atom. The van der Waals surface area contributed by atoms with Gasteiger partial charge in [-0.05, 0) is 29.8 Å². The summed E-state index contributed by atoms with van der Waals surface area (Å²) in [5.41, 5.74) is 0.741.